The van der Waals surface area contributed by atoms with E-state index in [0.717, 1.165) is 44.3 Å². The van der Waals surface area contributed by atoms with Crippen molar-refractivity contribution < 1.29 is 14.7 Å². The third-order valence-corrected chi connectivity index (χ3v) is 6.57. The number of carboxylic acid groups (broad SMARTS) is 1. The summed E-state index contributed by atoms with van der Waals surface area (Å²) in [4.78, 5) is 25.6. The molecule has 0 fully saturated rings. The molecule has 3 rings (SSSR count). The molecule has 2 aromatic carbocycles. The van der Waals surface area contributed by atoms with Crippen LogP contribution in [0.3, 0.4) is 0 Å². The maximum Gasteiger partial charge on any atom is 0.315 e. The Morgan fingerprint density at radius 1 is 1.06 bits per heavy atom. The van der Waals surface area contributed by atoms with Crippen molar-refractivity contribution in [1.29, 1.82) is 0 Å². The average Bonchev–Trinajstić information content (AvgIpc) is 2.80. The molecule has 0 aromatic heterocycles. The normalized spacial score (nSPS) is 15.2. The molecular weight excluding hydrogens is 461 g/mol. The number of carboxylic acids is 1. The quantitative estimate of drug-likeness (QED) is 0.366. The van der Waals surface area contributed by atoms with E-state index >= 15 is 0 Å². The number of aryl methyl sites for hydroxylation is 1. The van der Waals surface area contributed by atoms with Gasteiger partial charge in [0.1, 0.15) is 0 Å². The minimum atomic E-state index is -0.767. The van der Waals surface area contributed by atoms with E-state index in [0.29, 0.717) is 35.6 Å². The Hall–Kier alpha value is -2.28. The van der Waals surface area contributed by atoms with E-state index in [1.165, 1.54) is 11.1 Å². The second-order valence-electron chi connectivity index (χ2n) is 8.34. The summed E-state index contributed by atoms with van der Waals surface area (Å²) < 4.78 is 0. The lowest BCUT2D eigenvalue weighted by Crippen LogP contribution is -2.38. The van der Waals surface area contributed by atoms with Gasteiger partial charge in [0, 0.05) is 42.1 Å². The largest absolute Gasteiger partial charge is 0.481 e. The molecule has 0 radical (unpaired) electrons. The summed E-state index contributed by atoms with van der Waals surface area (Å²) in [6.45, 7) is 2.34. The molecule has 0 bridgehead atoms. The van der Waals surface area contributed by atoms with E-state index in [4.69, 9.17) is 28.3 Å². The molecule has 0 heterocycles. The van der Waals surface area contributed by atoms with E-state index in [2.05, 4.69) is 39.8 Å². The second kappa shape index (κ2) is 12.8. The summed E-state index contributed by atoms with van der Waals surface area (Å²) in [6.07, 6.45) is 4.84. The van der Waals surface area contributed by atoms with Crippen molar-refractivity contribution in [1.82, 2.24) is 15.5 Å². The Bertz CT molecular complexity index is 954. The van der Waals surface area contributed by atoms with Gasteiger partial charge in [-0.1, -0.05) is 47.5 Å². The first kappa shape index (κ1) is 25.3. The summed E-state index contributed by atoms with van der Waals surface area (Å²) in [6, 6.07) is 13.7. The molecule has 1 unspecified atom stereocenters. The molecule has 178 valence electrons. The van der Waals surface area contributed by atoms with Crippen LogP contribution in [0.25, 0.3) is 0 Å². The maximum atomic E-state index is 12.2. The van der Waals surface area contributed by atoms with Crippen molar-refractivity contribution in [3.05, 3.63) is 69.2 Å². The minimum Gasteiger partial charge on any atom is -0.481 e. The van der Waals surface area contributed by atoms with Crippen LogP contribution in [0, 0.1) is 0 Å². The second-order valence-corrected chi connectivity index (χ2v) is 9.18. The van der Waals surface area contributed by atoms with E-state index in [1.54, 1.807) is 18.2 Å². The molecule has 8 heteroatoms. The van der Waals surface area contributed by atoms with Crippen LogP contribution in [-0.4, -0.2) is 41.6 Å². The van der Waals surface area contributed by atoms with Gasteiger partial charge in [-0.15, -0.1) is 0 Å². The molecule has 6 nitrogen and oxygen atoms in total. The number of halogens is 2. The molecule has 2 aromatic rings. The molecule has 33 heavy (non-hydrogen) atoms. The number of nitrogens with zero attached hydrogens (tertiary/aromatic N) is 1. The Kier molecular flexibility index (Phi) is 9.85. The Morgan fingerprint density at radius 2 is 1.85 bits per heavy atom. The van der Waals surface area contributed by atoms with Crippen LogP contribution in [0.1, 0.15) is 54.8 Å². The monoisotopic (exact) mass is 491 g/mol. The summed E-state index contributed by atoms with van der Waals surface area (Å²) in [5.41, 5.74) is 3.50. The topological polar surface area (TPSA) is 81.7 Å². The predicted molar refractivity (Wildman–Crippen MR) is 132 cm³/mol. The lowest BCUT2D eigenvalue weighted by atomic mass is 9.86. The van der Waals surface area contributed by atoms with Crippen LogP contribution < -0.4 is 10.6 Å². The first-order valence-electron chi connectivity index (χ1n) is 11.4. The summed E-state index contributed by atoms with van der Waals surface area (Å²) in [5, 5.41) is 15.9. The highest BCUT2D eigenvalue weighted by Gasteiger charge is 2.25. The van der Waals surface area contributed by atoms with Crippen molar-refractivity contribution in [2.24, 2.45) is 0 Å². The lowest BCUT2D eigenvalue weighted by molar-refractivity contribution is -0.137. The van der Waals surface area contributed by atoms with Crippen molar-refractivity contribution in [2.45, 2.75) is 51.1 Å². The zero-order valence-corrected chi connectivity index (χ0v) is 20.2. The van der Waals surface area contributed by atoms with Gasteiger partial charge in [0.25, 0.3) is 0 Å². The number of carbonyl (C=O) groups is 2. The van der Waals surface area contributed by atoms with Crippen molar-refractivity contribution in [3.8, 4) is 0 Å². The van der Waals surface area contributed by atoms with Gasteiger partial charge in [0.15, 0.2) is 0 Å². The fourth-order valence-electron chi connectivity index (χ4n) is 4.37. The van der Waals surface area contributed by atoms with Gasteiger partial charge in [-0.25, -0.2) is 4.79 Å². The van der Waals surface area contributed by atoms with E-state index in [9.17, 15) is 9.59 Å². The van der Waals surface area contributed by atoms with Crippen molar-refractivity contribution >= 4 is 35.2 Å². The first-order chi connectivity index (χ1) is 15.9. The smallest absolute Gasteiger partial charge is 0.315 e. The predicted octanol–water partition coefficient (Wildman–Crippen LogP) is 5.43. The SMILES string of the molecule is O=C(O)CCCN(CCCNC(=O)NCc1cc(Cl)ccc1Cl)C1CCCc2ccccc21. The van der Waals surface area contributed by atoms with E-state index in [1.807, 2.05) is 0 Å². The summed E-state index contributed by atoms with van der Waals surface area (Å²) >= 11 is 12.1. The molecule has 3 N–H and O–H groups in total. The number of hydrogen-bond donors (Lipinski definition) is 3. The number of nitrogens with one attached hydrogen (secondary N) is 2. The molecule has 0 saturated heterocycles. The van der Waals surface area contributed by atoms with Crippen molar-refractivity contribution in [3.63, 3.8) is 0 Å². The highest BCUT2D eigenvalue weighted by Crippen LogP contribution is 2.34. The Labute approximate surface area is 205 Å². The molecule has 0 saturated carbocycles. The van der Waals surface area contributed by atoms with Gasteiger partial charge in [0.2, 0.25) is 0 Å². The molecule has 0 spiro atoms. The van der Waals surface area contributed by atoms with Gasteiger partial charge < -0.3 is 15.7 Å². The van der Waals surface area contributed by atoms with Crippen LogP contribution in [0.5, 0.6) is 0 Å². The Morgan fingerprint density at radius 3 is 2.67 bits per heavy atom. The molecule has 0 aliphatic heterocycles. The lowest BCUT2D eigenvalue weighted by Gasteiger charge is -2.36. The number of aliphatic carboxylic acids is 1. The third-order valence-electron chi connectivity index (χ3n) is 5.97. The van der Waals surface area contributed by atoms with E-state index in [-0.39, 0.29) is 12.5 Å². The van der Waals surface area contributed by atoms with Crippen LogP contribution in [-0.2, 0) is 17.8 Å². The number of hydrogen-bond acceptors (Lipinski definition) is 3. The summed E-state index contributed by atoms with van der Waals surface area (Å²) in [7, 11) is 0. The van der Waals surface area contributed by atoms with Gasteiger partial charge in [-0.2, -0.15) is 0 Å². The molecule has 2 amide bonds. The van der Waals surface area contributed by atoms with Gasteiger partial charge in [-0.05, 0) is 73.5 Å². The average molecular weight is 492 g/mol. The fourth-order valence-corrected chi connectivity index (χ4v) is 4.74. The van der Waals surface area contributed by atoms with Gasteiger partial charge in [-0.3, -0.25) is 9.69 Å². The zero-order valence-electron chi connectivity index (χ0n) is 18.7. The molecule has 1 atom stereocenters. The van der Waals surface area contributed by atoms with Crippen LogP contribution in [0.4, 0.5) is 4.79 Å². The highest BCUT2D eigenvalue weighted by atomic mass is 35.5. The van der Waals surface area contributed by atoms with Crippen molar-refractivity contribution in [2.75, 3.05) is 19.6 Å². The number of urea groups is 1. The fraction of sp³-hybridized carbons (Fsp3) is 0.440. The number of rotatable bonds is 11. The standard InChI is InChI=1S/C25H31Cl2N3O3/c26-20-11-12-22(27)19(16-20)17-29-25(33)28-13-5-15-30(14-4-10-24(31)32)23-9-3-7-18-6-1-2-8-21(18)23/h1-2,6,8,11-12,16,23H,3-5,7,9-10,13-15,17H2,(H,31,32)(H2,28,29,33). The van der Waals surface area contributed by atoms with Crippen LogP contribution >= 0.6 is 23.2 Å². The third kappa shape index (κ3) is 7.91. The number of carbonyl (C=O) groups excluding carboxylic acids is 1. The first-order valence-corrected chi connectivity index (χ1v) is 12.2. The molecular formula is C25H31Cl2N3O3. The number of benzene rings is 2. The Balaban J connectivity index is 1.49. The maximum absolute atomic E-state index is 12.2. The zero-order chi connectivity index (χ0) is 23.6. The van der Waals surface area contributed by atoms with E-state index < -0.39 is 5.97 Å². The van der Waals surface area contributed by atoms with Crippen LogP contribution in [0.2, 0.25) is 10.0 Å². The van der Waals surface area contributed by atoms with Gasteiger partial charge in [0.05, 0.1) is 0 Å². The number of fused-ring (bicyclic) bond motifs is 1. The van der Waals surface area contributed by atoms with Gasteiger partial charge >= 0.3 is 12.0 Å². The number of amides is 2. The molecule has 1 aliphatic rings. The summed E-state index contributed by atoms with van der Waals surface area (Å²) in [5.74, 6) is -0.767. The molecule has 1 aliphatic carbocycles. The van der Waals surface area contributed by atoms with Crippen LogP contribution in [0.15, 0.2) is 42.5 Å². The minimum absolute atomic E-state index is 0.164. The highest BCUT2D eigenvalue weighted by molar-refractivity contribution is 6.33.